The van der Waals surface area contributed by atoms with Gasteiger partial charge in [-0.15, -0.1) is 0 Å². The molecule has 2 nitrogen and oxygen atoms in total. The predicted octanol–water partition coefficient (Wildman–Crippen LogP) is 4.03. The Labute approximate surface area is 117 Å². The molecule has 0 unspecified atom stereocenters. The Morgan fingerprint density at radius 2 is 1.50 bits per heavy atom. The van der Waals surface area contributed by atoms with Gasteiger partial charge in [0.25, 0.3) is 0 Å². The standard InChI is InChI=1S/C12H12F5NOS/c1-6(3-4-20-2)18-19-5-7-8(13)10(15)12(17)11(16)9(7)14/h3-5H2,1-2H3/b18-6-. The van der Waals surface area contributed by atoms with Crippen LogP contribution in [0.25, 0.3) is 0 Å². The van der Waals surface area contributed by atoms with Gasteiger partial charge in [0, 0.05) is 0 Å². The molecular formula is C12H12F5NOS. The lowest BCUT2D eigenvalue weighted by molar-refractivity contribution is 0.122. The molecule has 0 atom stereocenters. The van der Waals surface area contributed by atoms with E-state index in [0.717, 1.165) is 5.75 Å². The van der Waals surface area contributed by atoms with Gasteiger partial charge in [0.2, 0.25) is 5.82 Å². The summed E-state index contributed by atoms with van der Waals surface area (Å²) >= 11 is 1.57. The molecule has 0 bridgehead atoms. The Morgan fingerprint density at radius 3 is 2.00 bits per heavy atom. The van der Waals surface area contributed by atoms with Crippen LogP contribution in [0.15, 0.2) is 5.16 Å². The highest BCUT2D eigenvalue weighted by Gasteiger charge is 2.25. The van der Waals surface area contributed by atoms with E-state index in [1.807, 2.05) is 6.26 Å². The molecule has 1 aromatic rings. The summed E-state index contributed by atoms with van der Waals surface area (Å²) in [4.78, 5) is 4.63. The lowest BCUT2D eigenvalue weighted by Crippen LogP contribution is -2.08. The lowest BCUT2D eigenvalue weighted by Gasteiger charge is -2.07. The molecule has 0 aliphatic carbocycles. The minimum absolute atomic E-state index is 0.559. The number of rotatable bonds is 6. The monoisotopic (exact) mass is 313 g/mol. The molecule has 0 saturated carbocycles. The van der Waals surface area contributed by atoms with Gasteiger partial charge in [0.1, 0.15) is 6.61 Å². The number of benzene rings is 1. The molecule has 0 spiro atoms. The third-order valence-corrected chi connectivity index (χ3v) is 3.01. The van der Waals surface area contributed by atoms with Gasteiger partial charge in [-0.2, -0.15) is 11.8 Å². The maximum absolute atomic E-state index is 13.3. The molecule has 8 heteroatoms. The van der Waals surface area contributed by atoms with Crippen molar-refractivity contribution in [3.8, 4) is 0 Å². The van der Waals surface area contributed by atoms with E-state index in [4.69, 9.17) is 0 Å². The van der Waals surface area contributed by atoms with E-state index >= 15 is 0 Å². The van der Waals surface area contributed by atoms with Crippen molar-refractivity contribution in [1.29, 1.82) is 0 Å². The Bertz CT molecular complexity index is 492. The summed E-state index contributed by atoms with van der Waals surface area (Å²) in [6.45, 7) is 0.803. The van der Waals surface area contributed by atoms with Gasteiger partial charge < -0.3 is 4.84 Å². The van der Waals surface area contributed by atoms with E-state index in [1.54, 1.807) is 18.7 Å². The fourth-order valence-corrected chi connectivity index (χ4v) is 1.78. The third kappa shape index (κ3) is 3.84. The molecule has 112 valence electrons. The van der Waals surface area contributed by atoms with Crippen LogP contribution in [0.1, 0.15) is 18.9 Å². The zero-order valence-electron chi connectivity index (χ0n) is 10.8. The Hall–Kier alpha value is -1.31. The summed E-state index contributed by atoms with van der Waals surface area (Å²) in [7, 11) is 0. The predicted molar refractivity (Wildman–Crippen MR) is 67.1 cm³/mol. The van der Waals surface area contributed by atoms with Crippen molar-refractivity contribution in [2.75, 3.05) is 12.0 Å². The molecule has 1 aromatic carbocycles. The van der Waals surface area contributed by atoms with E-state index in [9.17, 15) is 22.0 Å². The first kappa shape index (κ1) is 16.7. The molecule has 20 heavy (non-hydrogen) atoms. The number of thioether (sulfide) groups is 1. The van der Waals surface area contributed by atoms with Crippen LogP contribution in [0.2, 0.25) is 0 Å². The number of oxime groups is 1. The number of hydrogen-bond acceptors (Lipinski definition) is 3. The molecule has 0 aromatic heterocycles. The molecular weight excluding hydrogens is 301 g/mol. The average Bonchev–Trinajstić information content (AvgIpc) is 2.44. The van der Waals surface area contributed by atoms with Crippen molar-refractivity contribution in [2.45, 2.75) is 20.0 Å². The SMILES string of the molecule is CSCC/C(C)=N\OCc1c(F)c(F)c(F)c(F)c1F. The van der Waals surface area contributed by atoms with Gasteiger partial charge in [0.15, 0.2) is 23.3 Å². The van der Waals surface area contributed by atoms with Gasteiger partial charge in [0.05, 0.1) is 11.3 Å². The van der Waals surface area contributed by atoms with Gasteiger partial charge in [-0.25, -0.2) is 22.0 Å². The van der Waals surface area contributed by atoms with E-state index in [-0.39, 0.29) is 0 Å². The first-order valence-electron chi connectivity index (χ1n) is 5.54. The summed E-state index contributed by atoms with van der Waals surface area (Å²) in [5, 5.41) is 3.55. The maximum atomic E-state index is 13.3. The van der Waals surface area contributed by atoms with Crippen LogP contribution in [0.4, 0.5) is 22.0 Å². The largest absolute Gasteiger partial charge is 0.391 e. The quantitative estimate of drug-likeness (QED) is 0.260. The van der Waals surface area contributed by atoms with Crippen molar-refractivity contribution < 1.29 is 26.8 Å². The van der Waals surface area contributed by atoms with E-state index < -0.39 is 41.3 Å². The highest BCUT2D eigenvalue weighted by atomic mass is 32.2. The van der Waals surface area contributed by atoms with Crippen LogP contribution in [0.5, 0.6) is 0 Å². The molecule has 0 radical (unpaired) electrons. The third-order valence-electron chi connectivity index (χ3n) is 2.40. The molecule has 0 N–H and O–H groups in total. The number of nitrogens with zero attached hydrogens (tertiary/aromatic N) is 1. The van der Waals surface area contributed by atoms with Crippen LogP contribution in [0.3, 0.4) is 0 Å². The van der Waals surface area contributed by atoms with E-state index in [2.05, 4.69) is 9.99 Å². The summed E-state index contributed by atoms with van der Waals surface area (Å²) in [6, 6.07) is 0. The first-order chi connectivity index (χ1) is 9.40. The molecule has 0 saturated heterocycles. The van der Waals surface area contributed by atoms with Gasteiger partial charge in [-0.05, 0) is 25.4 Å². The lowest BCUT2D eigenvalue weighted by atomic mass is 10.2. The zero-order chi connectivity index (χ0) is 15.3. The van der Waals surface area contributed by atoms with Crippen molar-refractivity contribution >= 4 is 17.5 Å². The Balaban J connectivity index is 2.84. The number of hydrogen-bond donors (Lipinski definition) is 0. The molecule has 1 rings (SSSR count). The van der Waals surface area contributed by atoms with Crippen molar-refractivity contribution in [3.05, 3.63) is 34.6 Å². The Morgan fingerprint density at radius 1 is 1.00 bits per heavy atom. The average molecular weight is 313 g/mol. The summed E-state index contributed by atoms with van der Waals surface area (Å²) < 4.78 is 65.1. The van der Waals surface area contributed by atoms with E-state index in [1.165, 1.54) is 0 Å². The fraction of sp³-hybridized carbons (Fsp3) is 0.417. The smallest absolute Gasteiger partial charge is 0.200 e. The van der Waals surface area contributed by atoms with Crippen molar-refractivity contribution in [3.63, 3.8) is 0 Å². The summed E-state index contributed by atoms with van der Waals surface area (Å²) in [5.74, 6) is -9.21. The fourth-order valence-electron chi connectivity index (χ4n) is 1.28. The number of halogens is 5. The Kier molecular flexibility index (Phi) is 6.25. The first-order valence-corrected chi connectivity index (χ1v) is 6.94. The molecule has 0 aliphatic heterocycles. The van der Waals surface area contributed by atoms with Crippen LogP contribution < -0.4 is 0 Å². The molecule has 0 aliphatic rings. The van der Waals surface area contributed by atoms with Gasteiger partial charge >= 0.3 is 0 Å². The topological polar surface area (TPSA) is 21.6 Å². The molecule has 0 heterocycles. The zero-order valence-corrected chi connectivity index (χ0v) is 11.6. The van der Waals surface area contributed by atoms with Gasteiger partial charge in [-0.1, -0.05) is 5.16 Å². The van der Waals surface area contributed by atoms with Crippen LogP contribution in [0, 0.1) is 29.1 Å². The minimum atomic E-state index is -2.19. The van der Waals surface area contributed by atoms with Crippen molar-refractivity contribution in [2.24, 2.45) is 5.16 Å². The molecule has 0 fully saturated rings. The van der Waals surface area contributed by atoms with Crippen LogP contribution >= 0.6 is 11.8 Å². The second-order valence-corrected chi connectivity index (χ2v) is 4.88. The van der Waals surface area contributed by atoms with E-state index in [0.29, 0.717) is 12.1 Å². The highest BCUT2D eigenvalue weighted by molar-refractivity contribution is 7.98. The van der Waals surface area contributed by atoms with Gasteiger partial charge in [-0.3, -0.25) is 0 Å². The normalized spacial score (nSPS) is 11.8. The minimum Gasteiger partial charge on any atom is -0.391 e. The molecule has 0 amide bonds. The highest BCUT2D eigenvalue weighted by Crippen LogP contribution is 2.23. The second kappa shape index (κ2) is 7.47. The summed E-state index contributed by atoms with van der Waals surface area (Å²) in [5.41, 5.74) is -0.481. The maximum Gasteiger partial charge on any atom is 0.200 e. The van der Waals surface area contributed by atoms with Crippen molar-refractivity contribution in [1.82, 2.24) is 0 Å². The van der Waals surface area contributed by atoms with Crippen LogP contribution in [-0.4, -0.2) is 17.7 Å². The summed E-state index contributed by atoms with van der Waals surface area (Å²) in [6.07, 6.45) is 2.49. The van der Waals surface area contributed by atoms with Crippen LogP contribution in [-0.2, 0) is 11.4 Å². The second-order valence-electron chi connectivity index (χ2n) is 3.89.